The standard InChI is InChI=1S/C27H41N3O5/c1-28-16-11-27(12-17-28)10-4-5-13-30(15-9-23(31)24(32)20-35-26(27)34)25(33)19-29-14-8-21-6-2-3-7-22(21)18-29/h2-3,6-7,23-24,31-32H,4-5,8-20H2,1H3/t23-,24+/m0/s1. The molecule has 194 valence electrons. The molecule has 1 aromatic carbocycles. The summed E-state index contributed by atoms with van der Waals surface area (Å²) < 4.78 is 5.52. The van der Waals surface area contributed by atoms with Gasteiger partial charge in [-0.3, -0.25) is 14.5 Å². The van der Waals surface area contributed by atoms with Crippen molar-refractivity contribution in [2.75, 3.05) is 52.9 Å². The fourth-order valence-corrected chi connectivity index (χ4v) is 5.62. The van der Waals surface area contributed by atoms with Crippen LogP contribution in [-0.4, -0.2) is 102 Å². The molecule has 4 rings (SSSR count). The van der Waals surface area contributed by atoms with E-state index in [1.807, 2.05) is 11.0 Å². The predicted octanol–water partition coefficient (Wildman–Crippen LogP) is 1.42. The number of cyclic esters (lactones) is 1. The first-order chi connectivity index (χ1) is 16.9. The summed E-state index contributed by atoms with van der Waals surface area (Å²) in [4.78, 5) is 32.6. The molecule has 8 nitrogen and oxygen atoms in total. The highest BCUT2D eigenvalue weighted by Gasteiger charge is 2.42. The number of esters is 1. The Morgan fingerprint density at radius 2 is 1.74 bits per heavy atom. The first kappa shape index (κ1) is 26.1. The fourth-order valence-electron chi connectivity index (χ4n) is 5.62. The van der Waals surface area contributed by atoms with E-state index in [9.17, 15) is 19.8 Å². The molecule has 1 spiro atoms. The van der Waals surface area contributed by atoms with Crippen molar-refractivity contribution in [1.82, 2.24) is 14.7 Å². The first-order valence-corrected chi connectivity index (χ1v) is 13.2. The van der Waals surface area contributed by atoms with Crippen molar-refractivity contribution < 1.29 is 24.5 Å². The molecular formula is C27H41N3O5. The van der Waals surface area contributed by atoms with Crippen LogP contribution < -0.4 is 0 Å². The molecule has 0 aromatic heterocycles. The van der Waals surface area contributed by atoms with E-state index in [1.165, 1.54) is 11.1 Å². The maximum atomic E-state index is 13.3. The van der Waals surface area contributed by atoms with Gasteiger partial charge in [0.1, 0.15) is 12.7 Å². The van der Waals surface area contributed by atoms with Crippen molar-refractivity contribution in [3.05, 3.63) is 35.4 Å². The third-order valence-electron chi connectivity index (χ3n) is 8.16. The van der Waals surface area contributed by atoms with Crippen LogP contribution in [0.5, 0.6) is 0 Å². The number of nitrogens with zero attached hydrogens (tertiary/aromatic N) is 3. The number of likely N-dealkylation sites (tertiary alicyclic amines) is 1. The van der Waals surface area contributed by atoms with Crippen molar-refractivity contribution in [3.63, 3.8) is 0 Å². The molecule has 3 heterocycles. The summed E-state index contributed by atoms with van der Waals surface area (Å²) in [7, 11) is 2.06. The molecule has 2 N–H and O–H groups in total. The minimum absolute atomic E-state index is 0.0577. The molecule has 0 unspecified atom stereocenters. The van der Waals surface area contributed by atoms with Crippen molar-refractivity contribution >= 4 is 11.9 Å². The largest absolute Gasteiger partial charge is 0.462 e. The molecule has 35 heavy (non-hydrogen) atoms. The molecule has 3 aliphatic rings. The predicted molar refractivity (Wildman–Crippen MR) is 133 cm³/mol. The number of rotatable bonds is 2. The number of fused-ring (bicyclic) bond motifs is 1. The number of aliphatic hydroxyl groups is 2. The van der Waals surface area contributed by atoms with Gasteiger partial charge >= 0.3 is 5.97 Å². The smallest absolute Gasteiger partial charge is 0.312 e. The van der Waals surface area contributed by atoms with Crippen LogP contribution in [0.2, 0.25) is 0 Å². The Morgan fingerprint density at radius 3 is 2.51 bits per heavy atom. The lowest BCUT2D eigenvalue weighted by Crippen LogP contribution is -2.45. The number of ether oxygens (including phenoxy) is 1. The second-order valence-corrected chi connectivity index (χ2v) is 10.7. The van der Waals surface area contributed by atoms with Crippen LogP contribution in [0.3, 0.4) is 0 Å². The second kappa shape index (κ2) is 11.8. The zero-order chi connectivity index (χ0) is 24.8. The molecule has 0 saturated carbocycles. The average molecular weight is 488 g/mol. The van der Waals surface area contributed by atoms with Gasteiger partial charge in [0, 0.05) is 26.2 Å². The minimum Gasteiger partial charge on any atom is -0.462 e. The van der Waals surface area contributed by atoms with Crippen LogP contribution in [0.1, 0.15) is 49.7 Å². The molecule has 2 saturated heterocycles. The molecule has 2 atom stereocenters. The summed E-state index contributed by atoms with van der Waals surface area (Å²) in [6, 6.07) is 8.39. The highest BCUT2D eigenvalue weighted by molar-refractivity contribution is 5.78. The summed E-state index contributed by atoms with van der Waals surface area (Å²) in [6.07, 6.45) is 2.84. The van der Waals surface area contributed by atoms with E-state index in [0.717, 1.165) is 64.7 Å². The maximum absolute atomic E-state index is 13.3. The summed E-state index contributed by atoms with van der Waals surface area (Å²) in [5.41, 5.74) is 2.10. The number of benzene rings is 1. The third-order valence-corrected chi connectivity index (χ3v) is 8.16. The van der Waals surface area contributed by atoms with Crippen LogP contribution in [0, 0.1) is 5.41 Å². The van der Waals surface area contributed by atoms with Crippen LogP contribution in [0.4, 0.5) is 0 Å². The highest BCUT2D eigenvalue weighted by Crippen LogP contribution is 2.38. The van der Waals surface area contributed by atoms with E-state index in [-0.39, 0.29) is 24.9 Å². The summed E-state index contributed by atoms with van der Waals surface area (Å²) in [5, 5.41) is 20.9. The zero-order valence-electron chi connectivity index (χ0n) is 21.0. The minimum atomic E-state index is -1.15. The van der Waals surface area contributed by atoms with Crippen molar-refractivity contribution in [3.8, 4) is 0 Å². The lowest BCUT2D eigenvalue weighted by atomic mass is 9.74. The molecule has 3 aliphatic heterocycles. The van der Waals surface area contributed by atoms with Crippen molar-refractivity contribution in [2.45, 2.75) is 63.7 Å². The molecule has 0 bridgehead atoms. The second-order valence-electron chi connectivity index (χ2n) is 10.7. The molecule has 2 fully saturated rings. The van der Waals surface area contributed by atoms with Gasteiger partial charge in [0.2, 0.25) is 5.91 Å². The number of piperidine rings is 1. The lowest BCUT2D eigenvalue weighted by molar-refractivity contribution is -0.164. The Labute approximate surface area is 208 Å². The SMILES string of the molecule is CN1CCC2(CCCCN(C(=O)CN3CCc4ccccc4C3)CC[C@H](O)[C@H](O)COC2=O)CC1. The Bertz CT molecular complexity index is 870. The highest BCUT2D eigenvalue weighted by atomic mass is 16.5. The molecule has 1 amide bonds. The number of hydrogen-bond acceptors (Lipinski definition) is 7. The van der Waals surface area contributed by atoms with Gasteiger partial charge in [-0.15, -0.1) is 0 Å². The fraction of sp³-hybridized carbons (Fsp3) is 0.704. The van der Waals surface area contributed by atoms with Gasteiger partial charge in [0.25, 0.3) is 0 Å². The lowest BCUT2D eigenvalue weighted by Gasteiger charge is -2.39. The monoisotopic (exact) mass is 487 g/mol. The van der Waals surface area contributed by atoms with E-state index in [0.29, 0.717) is 19.6 Å². The van der Waals surface area contributed by atoms with E-state index >= 15 is 0 Å². The molecule has 8 heteroatoms. The molecule has 0 aliphatic carbocycles. The van der Waals surface area contributed by atoms with Crippen molar-refractivity contribution in [1.29, 1.82) is 0 Å². The average Bonchev–Trinajstić information content (AvgIpc) is 2.87. The molecule has 1 aromatic rings. The number of amides is 1. The number of carbonyl (C=O) groups is 2. The third kappa shape index (κ3) is 6.61. The van der Waals surface area contributed by atoms with Gasteiger partial charge in [-0.2, -0.15) is 0 Å². The Kier molecular flexibility index (Phi) is 8.81. The van der Waals surface area contributed by atoms with Gasteiger partial charge < -0.3 is 24.7 Å². The van der Waals surface area contributed by atoms with Crippen molar-refractivity contribution in [2.24, 2.45) is 5.41 Å². The number of carbonyl (C=O) groups excluding carboxylic acids is 2. The molecule has 0 radical (unpaired) electrons. The van der Waals surface area contributed by atoms with Crippen LogP contribution in [0.25, 0.3) is 0 Å². The van der Waals surface area contributed by atoms with E-state index in [1.54, 1.807) is 0 Å². The summed E-state index contributed by atoms with van der Waals surface area (Å²) >= 11 is 0. The van der Waals surface area contributed by atoms with Gasteiger partial charge in [0.15, 0.2) is 0 Å². The first-order valence-electron chi connectivity index (χ1n) is 13.2. The normalized spacial score (nSPS) is 27.3. The van der Waals surface area contributed by atoms with Gasteiger partial charge in [-0.1, -0.05) is 30.7 Å². The zero-order valence-corrected chi connectivity index (χ0v) is 21.0. The van der Waals surface area contributed by atoms with E-state index in [4.69, 9.17) is 4.74 Å². The van der Waals surface area contributed by atoms with Crippen LogP contribution >= 0.6 is 0 Å². The number of hydrogen-bond donors (Lipinski definition) is 2. The van der Waals surface area contributed by atoms with Crippen LogP contribution in [-0.2, 0) is 27.3 Å². The summed E-state index contributed by atoms with van der Waals surface area (Å²) in [5.74, 6) is -0.198. The van der Waals surface area contributed by atoms with E-state index in [2.05, 4.69) is 35.0 Å². The topological polar surface area (TPSA) is 93.6 Å². The molecular weight excluding hydrogens is 446 g/mol. The Hall–Kier alpha value is -2.00. The van der Waals surface area contributed by atoms with Gasteiger partial charge in [-0.05, 0) is 69.8 Å². The maximum Gasteiger partial charge on any atom is 0.312 e. The summed E-state index contributed by atoms with van der Waals surface area (Å²) in [6.45, 7) is 4.42. The van der Waals surface area contributed by atoms with Gasteiger partial charge in [-0.25, -0.2) is 0 Å². The Morgan fingerprint density at radius 1 is 1.00 bits per heavy atom. The number of aliphatic hydroxyl groups excluding tert-OH is 2. The quantitative estimate of drug-likeness (QED) is 0.610. The van der Waals surface area contributed by atoms with Crippen LogP contribution in [0.15, 0.2) is 24.3 Å². The Balaban J connectivity index is 1.40. The van der Waals surface area contributed by atoms with Gasteiger partial charge in [0.05, 0.1) is 18.1 Å². The van der Waals surface area contributed by atoms with E-state index < -0.39 is 17.6 Å².